The molecule has 0 amide bonds. The Labute approximate surface area is 114 Å². The summed E-state index contributed by atoms with van der Waals surface area (Å²) in [7, 11) is 0. The SMILES string of the molecule is C[C@@H](N)c1cccc(F)c1Oc1cccc(Br)c1. The molecular weight excluding hydrogens is 297 g/mol. The number of nitrogens with two attached hydrogens (primary N) is 1. The molecule has 2 aromatic carbocycles. The number of hydrogen-bond donors (Lipinski definition) is 1. The van der Waals surface area contributed by atoms with Crippen molar-refractivity contribution < 1.29 is 9.13 Å². The molecule has 0 heterocycles. The van der Waals surface area contributed by atoms with E-state index in [4.69, 9.17) is 10.5 Å². The van der Waals surface area contributed by atoms with Gasteiger partial charge in [0.15, 0.2) is 11.6 Å². The molecule has 0 aliphatic heterocycles. The van der Waals surface area contributed by atoms with Gasteiger partial charge < -0.3 is 10.5 Å². The van der Waals surface area contributed by atoms with E-state index in [1.165, 1.54) is 6.07 Å². The highest BCUT2D eigenvalue weighted by Gasteiger charge is 2.13. The van der Waals surface area contributed by atoms with Crippen molar-refractivity contribution in [3.05, 3.63) is 58.3 Å². The molecular formula is C14H13BrFNO. The highest BCUT2D eigenvalue weighted by atomic mass is 79.9. The smallest absolute Gasteiger partial charge is 0.167 e. The van der Waals surface area contributed by atoms with Crippen molar-refractivity contribution in [1.29, 1.82) is 0 Å². The van der Waals surface area contributed by atoms with Gasteiger partial charge in [0.05, 0.1) is 0 Å². The second-order valence-electron chi connectivity index (χ2n) is 4.01. The zero-order valence-corrected chi connectivity index (χ0v) is 11.4. The fourth-order valence-corrected chi connectivity index (χ4v) is 2.02. The van der Waals surface area contributed by atoms with Crippen LogP contribution in [0.1, 0.15) is 18.5 Å². The van der Waals surface area contributed by atoms with Crippen molar-refractivity contribution in [2.75, 3.05) is 0 Å². The lowest BCUT2D eigenvalue weighted by Gasteiger charge is -2.14. The molecule has 0 saturated heterocycles. The third-order valence-corrected chi connectivity index (χ3v) is 3.00. The molecule has 0 saturated carbocycles. The highest BCUT2D eigenvalue weighted by Crippen LogP contribution is 2.32. The van der Waals surface area contributed by atoms with Crippen molar-refractivity contribution in [2.24, 2.45) is 5.73 Å². The van der Waals surface area contributed by atoms with E-state index in [9.17, 15) is 4.39 Å². The van der Waals surface area contributed by atoms with E-state index in [1.54, 1.807) is 31.2 Å². The van der Waals surface area contributed by atoms with Gasteiger partial charge in [0.2, 0.25) is 0 Å². The van der Waals surface area contributed by atoms with Gasteiger partial charge in [-0.1, -0.05) is 34.1 Å². The number of ether oxygens (including phenoxy) is 1. The molecule has 1 atom stereocenters. The normalized spacial score (nSPS) is 12.2. The van der Waals surface area contributed by atoms with E-state index in [-0.39, 0.29) is 11.8 Å². The molecule has 0 bridgehead atoms. The first kappa shape index (κ1) is 13.1. The zero-order chi connectivity index (χ0) is 13.1. The van der Waals surface area contributed by atoms with Gasteiger partial charge >= 0.3 is 0 Å². The highest BCUT2D eigenvalue weighted by molar-refractivity contribution is 9.10. The molecule has 4 heteroatoms. The standard InChI is InChI=1S/C14H13BrFNO/c1-9(17)12-6-3-7-13(16)14(12)18-11-5-2-4-10(15)8-11/h2-9H,17H2,1H3/t9-/m1/s1. The van der Waals surface area contributed by atoms with Gasteiger partial charge in [0.1, 0.15) is 5.75 Å². The summed E-state index contributed by atoms with van der Waals surface area (Å²) in [5.74, 6) is 0.340. The first-order chi connectivity index (χ1) is 8.58. The van der Waals surface area contributed by atoms with E-state index >= 15 is 0 Å². The van der Waals surface area contributed by atoms with Crippen molar-refractivity contribution in [3.8, 4) is 11.5 Å². The molecule has 2 aromatic rings. The fraction of sp³-hybridized carbons (Fsp3) is 0.143. The molecule has 0 unspecified atom stereocenters. The first-order valence-corrected chi connectivity index (χ1v) is 6.34. The van der Waals surface area contributed by atoms with E-state index in [2.05, 4.69) is 15.9 Å². The Kier molecular flexibility index (Phi) is 3.99. The minimum absolute atomic E-state index is 0.186. The second kappa shape index (κ2) is 5.50. The molecule has 2 nitrogen and oxygen atoms in total. The molecule has 2 N–H and O–H groups in total. The molecule has 0 fully saturated rings. The molecule has 0 aliphatic carbocycles. The molecule has 0 spiro atoms. The summed E-state index contributed by atoms with van der Waals surface area (Å²) in [5, 5.41) is 0. The van der Waals surface area contributed by atoms with Crippen molar-refractivity contribution in [2.45, 2.75) is 13.0 Å². The van der Waals surface area contributed by atoms with Crippen molar-refractivity contribution in [1.82, 2.24) is 0 Å². The lowest BCUT2D eigenvalue weighted by atomic mass is 10.1. The fourth-order valence-electron chi connectivity index (χ4n) is 1.64. The molecule has 0 aromatic heterocycles. The maximum Gasteiger partial charge on any atom is 0.167 e. The number of benzene rings is 2. The summed E-state index contributed by atoms with van der Waals surface area (Å²) in [6.45, 7) is 1.79. The maximum absolute atomic E-state index is 13.8. The van der Waals surface area contributed by atoms with Crippen LogP contribution < -0.4 is 10.5 Å². The van der Waals surface area contributed by atoms with Gasteiger partial charge in [-0.2, -0.15) is 0 Å². The summed E-state index contributed by atoms with van der Waals surface area (Å²) >= 11 is 3.34. The van der Waals surface area contributed by atoms with Crippen LogP contribution in [0, 0.1) is 5.82 Å². The Hall–Kier alpha value is -1.39. The first-order valence-electron chi connectivity index (χ1n) is 5.55. The number of hydrogen-bond acceptors (Lipinski definition) is 2. The lowest BCUT2D eigenvalue weighted by Crippen LogP contribution is -2.07. The monoisotopic (exact) mass is 309 g/mol. The zero-order valence-electron chi connectivity index (χ0n) is 9.86. The van der Waals surface area contributed by atoms with Crippen LogP contribution in [0.5, 0.6) is 11.5 Å². The minimum Gasteiger partial charge on any atom is -0.454 e. The summed E-state index contributed by atoms with van der Waals surface area (Å²) in [6.07, 6.45) is 0. The van der Waals surface area contributed by atoms with Gasteiger partial charge in [-0.25, -0.2) is 4.39 Å². The average molecular weight is 310 g/mol. The summed E-state index contributed by atoms with van der Waals surface area (Å²) < 4.78 is 20.3. The van der Waals surface area contributed by atoms with Crippen LogP contribution in [0.15, 0.2) is 46.9 Å². The van der Waals surface area contributed by atoms with E-state index in [1.807, 2.05) is 12.1 Å². The van der Waals surface area contributed by atoms with Crippen LogP contribution in [0.4, 0.5) is 4.39 Å². The quantitative estimate of drug-likeness (QED) is 0.912. The van der Waals surface area contributed by atoms with Crippen LogP contribution in [-0.2, 0) is 0 Å². The topological polar surface area (TPSA) is 35.2 Å². The third kappa shape index (κ3) is 2.89. The van der Waals surface area contributed by atoms with Crippen molar-refractivity contribution >= 4 is 15.9 Å². The molecule has 0 aliphatic rings. The Balaban J connectivity index is 2.39. The van der Waals surface area contributed by atoms with Gasteiger partial charge in [-0.05, 0) is 31.2 Å². The predicted molar refractivity (Wildman–Crippen MR) is 73.2 cm³/mol. The average Bonchev–Trinajstić information content (AvgIpc) is 2.31. The van der Waals surface area contributed by atoms with Crippen LogP contribution in [0.2, 0.25) is 0 Å². The van der Waals surface area contributed by atoms with Crippen LogP contribution in [-0.4, -0.2) is 0 Å². The minimum atomic E-state index is -0.412. The number of rotatable bonds is 3. The van der Waals surface area contributed by atoms with Crippen LogP contribution >= 0.6 is 15.9 Å². The van der Waals surface area contributed by atoms with Gasteiger partial charge in [-0.15, -0.1) is 0 Å². The summed E-state index contributed by atoms with van der Waals surface area (Å²) in [6, 6.07) is 11.7. The Morgan fingerprint density at radius 2 is 1.94 bits per heavy atom. The van der Waals surface area contributed by atoms with E-state index in [0.29, 0.717) is 11.3 Å². The summed E-state index contributed by atoms with van der Waals surface area (Å²) in [4.78, 5) is 0. The Bertz CT molecular complexity index is 557. The second-order valence-corrected chi connectivity index (χ2v) is 4.92. The van der Waals surface area contributed by atoms with Gasteiger partial charge in [0.25, 0.3) is 0 Å². The van der Waals surface area contributed by atoms with Crippen LogP contribution in [0.25, 0.3) is 0 Å². The van der Waals surface area contributed by atoms with Crippen LogP contribution in [0.3, 0.4) is 0 Å². The molecule has 0 radical (unpaired) electrons. The molecule has 94 valence electrons. The van der Waals surface area contributed by atoms with E-state index in [0.717, 1.165) is 4.47 Å². The third-order valence-electron chi connectivity index (χ3n) is 2.50. The predicted octanol–water partition coefficient (Wildman–Crippen LogP) is 4.40. The maximum atomic E-state index is 13.8. The Morgan fingerprint density at radius 3 is 2.61 bits per heavy atom. The van der Waals surface area contributed by atoms with Gasteiger partial charge in [0, 0.05) is 16.1 Å². The number of halogens is 2. The largest absolute Gasteiger partial charge is 0.454 e. The summed E-state index contributed by atoms with van der Waals surface area (Å²) in [5.41, 5.74) is 6.46. The molecule has 18 heavy (non-hydrogen) atoms. The van der Waals surface area contributed by atoms with Gasteiger partial charge in [-0.3, -0.25) is 0 Å². The Morgan fingerprint density at radius 1 is 1.22 bits per heavy atom. The molecule has 2 rings (SSSR count). The number of para-hydroxylation sites is 1. The lowest BCUT2D eigenvalue weighted by molar-refractivity contribution is 0.432. The van der Waals surface area contributed by atoms with Crippen molar-refractivity contribution in [3.63, 3.8) is 0 Å². The van der Waals surface area contributed by atoms with E-state index < -0.39 is 5.82 Å².